The highest BCUT2D eigenvalue weighted by Crippen LogP contribution is 2.21. The Hall–Kier alpha value is -1.10. The first kappa shape index (κ1) is 15.3. The van der Waals surface area contributed by atoms with Gasteiger partial charge in [0.25, 0.3) is 0 Å². The Morgan fingerprint density at radius 3 is 2.40 bits per heavy atom. The Labute approximate surface area is 128 Å². The zero-order valence-corrected chi connectivity index (χ0v) is 12.7. The van der Waals surface area contributed by atoms with Crippen LogP contribution in [0.2, 0.25) is 10.0 Å². The molecule has 0 atom stereocenters. The van der Waals surface area contributed by atoms with E-state index in [0.29, 0.717) is 48.3 Å². The van der Waals surface area contributed by atoms with Crippen LogP contribution in [0.3, 0.4) is 0 Å². The van der Waals surface area contributed by atoms with Gasteiger partial charge in [-0.15, -0.1) is 0 Å². The zero-order valence-electron chi connectivity index (χ0n) is 11.2. The van der Waals surface area contributed by atoms with E-state index in [1.165, 1.54) is 0 Å². The van der Waals surface area contributed by atoms with Crippen molar-refractivity contribution in [3.05, 3.63) is 33.8 Å². The number of amides is 1. The summed E-state index contributed by atoms with van der Waals surface area (Å²) < 4.78 is 0. The number of hydrogen-bond acceptors (Lipinski definition) is 3. The zero-order chi connectivity index (χ0) is 14.7. The molecular formula is C14H16Cl2N2O2. The van der Waals surface area contributed by atoms with Gasteiger partial charge in [-0.3, -0.25) is 14.5 Å². The van der Waals surface area contributed by atoms with E-state index in [-0.39, 0.29) is 11.7 Å². The molecule has 6 heteroatoms. The molecule has 0 aliphatic carbocycles. The summed E-state index contributed by atoms with van der Waals surface area (Å²) in [4.78, 5) is 27.3. The van der Waals surface area contributed by atoms with E-state index in [4.69, 9.17) is 23.2 Å². The van der Waals surface area contributed by atoms with Crippen LogP contribution in [0.4, 0.5) is 0 Å². The third kappa shape index (κ3) is 3.72. The van der Waals surface area contributed by atoms with Crippen molar-refractivity contribution in [1.29, 1.82) is 0 Å². The second kappa shape index (κ2) is 6.57. The quantitative estimate of drug-likeness (QED) is 0.804. The van der Waals surface area contributed by atoms with Crippen molar-refractivity contribution in [3.63, 3.8) is 0 Å². The average molecular weight is 315 g/mol. The first-order valence-electron chi connectivity index (χ1n) is 6.43. The number of hydrogen-bond donors (Lipinski definition) is 0. The minimum Gasteiger partial charge on any atom is -0.340 e. The minimum absolute atomic E-state index is 0.0474. The first-order valence-corrected chi connectivity index (χ1v) is 7.19. The highest BCUT2D eigenvalue weighted by molar-refractivity contribution is 6.36. The number of rotatable bonds is 3. The lowest BCUT2D eigenvalue weighted by Crippen LogP contribution is -2.49. The number of piperazine rings is 1. The van der Waals surface area contributed by atoms with Crippen molar-refractivity contribution in [2.24, 2.45) is 0 Å². The lowest BCUT2D eigenvalue weighted by atomic mass is 10.1. The third-order valence-electron chi connectivity index (χ3n) is 3.41. The van der Waals surface area contributed by atoms with Crippen LogP contribution in [0.5, 0.6) is 0 Å². The molecule has 1 aliphatic heterocycles. The highest BCUT2D eigenvalue weighted by atomic mass is 35.5. The van der Waals surface area contributed by atoms with Gasteiger partial charge in [0.1, 0.15) is 0 Å². The molecule has 2 rings (SSSR count). The lowest BCUT2D eigenvalue weighted by Gasteiger charge is -2.33. The molecule has 1 heterocycles. The number of nitrogens with zero attached hydrogens (tertiary/aromatic N) is 2. The molecule has 0 radical (unpaired) electrons. The smallest absolute Gasteiger partial charge is 0.219 e. The molecule has 0 bridgehead atoms. The van der Waals surface area contributed by atoms with E-state index >= 15 is 0 Å². The van der Waals surface area contributed by atoms with E-state index < -0.39 is 0 Å². The molecule has 1 aromatic carbocycles. The molecule has 1 aliphatic rings. The van der Waals surface area contributed by atoms with Crippen molar-refractivity contribution in [3.8, 4) is 0 Å². The Kier molecular flexibility index (Phi) is 5.02. The maximum absolute atomic E-state index is 12.2. The molecule has 1 fully saturated rings. The average Bonchev–Trinajstić information content (AvgIpc) is 2.42. The normalized spacial score (nSPS) is 16.2. The van der Waals surface area contributed by atoms with Gasteiger partial charge < -0.3 is 4.90 Å². The van der Waals surface area contributed by atoms with Gasteiger partial charge in [-0.25, -0.2) is 0 Å². The van der Waals surface area contributed by atoms with Gasteiger partial charge in [0.2, 0.25) is 5.91 Å². The van der Waals surface area contributed by atoms with Crippen LogP contribution in [0.25, 0.3) is 0 Å². The molecule has 1 saturated heterocycles. The predicted molar refractivity (Wildman–Crippen MR) is 79.5 cm³/mol. The fourth-order valence-electron chi connectivity index (χ4n) is 2.22. The van der Waals surface area contributed by atoms with E-state index in [9.17, 15) is 9.59 Å². The molecule has 20 heavy (non-hydrogen) atoms. The minimum atomic E-state index is -0.0474. The Bertz CT molecular complexity index is 526. The fourth-order valence-corrected chi connectivity index (χ4v) is 2.62. The fraction of sp³-hybridized carbons (Fsp3) is 0.429. The van der Waals surface area contributed by atoms with E-state index in [1.807, 2.05) is 4.90 Å². The molecule has 0 saturated carbocycles. The van der Waals surface area contributed by atoms with Crippen molar-refractivity contribution < 1.29 is 9.59 Å². The maximum atomic E-state index is 12.2. The first-order chi connectivity index (χ1) is 9.47. The van der Waals surface area contributed by atoms with Crippen LogP contribution in [0.1, 0.15) is 17.3 Å². The number of carbonyl (C=O) groups excluding carboxylic acids is 2. The van der Waals surface area contributed by atoms with Gasteiger partial charge >= 0.3 is 0 Å². The molecule has 4 nitrogen and oxygen atoms in total. The van der Waals surface area contributed by atoms with Crippen molar-refractivity contribution >= 4 is 34.9 Å². The molecule has 1 amide bonds. The third-order valence-corrected chi connectivity index (χ3v) is 3.98. The summed E-state index contributed by atoms with van der Waals surface area (Å²) in [5.74, 6) is 0.0302. The lowest BCUT2D eigenvalue weighted by molar-refractivity contribution is -0.130. The Balaban J connectivity index is 1.96. The van der Waals surface area contributed by atoms with Gasteiger partial charge in [0, 0.05) is 43.7 Å². The van der Waals surface area contributed by atoms with Crippen molar-refractivity contribution in [1.82, 2.24) is 9.80 Å². The molecule has 0 aromatic heterocycles. The van der Waals surface area contributed by atoms with Crippen molar-refractivity contribution in [2.75, 3.05) is 32.7 Å². The number of benzene rings is 1. The molecular weight excluding hydrogens is 299 g/mol. The van der Waals surface area contributed by atoms with Gasteiger partial charge in [-0.1, -0.05) is 23.2 Å². The topological polar surface area (TPSA) is 40.6 Å². The van der Waals surface area contributed by atoms with Gasteiger partial charge in [-0.2, -0.15) is 0 Å². The number of halogens is 2. The summed E-state index contributed by atoms with van der Waals surface area (Å²) in [6, 6.07) is 4.88. The summed E-state index contributed by atoms with van der Waals surface area (Å²) in [7, 11) is 0. The highest BCUT2D eigenvalue weighted by Gasteiger charge is 2.21. The molecule has 0 N–H and O–H groups in total. The largest absolute Gasteiger partial charge is 0.340 e. The van der Waals surface area contributed by atoms with Crippen molar-refractivity contribution in [2.45, 2.75) is 6.92 Å². The van der Waals surface area contributed by atoms with Crippen LogP contribution in [-0.2, 0) is 4.79 Å². The van der Waals surface area contributed by atoms with Crippen LogP contribution in [-0.4, -0.2) is 54.2 Å². The summed E-state index contributed by atoms with van der Waals surface area (Å²) in [5.41, 5.74) is 0.452. The van der Waals surface area contributed by atoms with Gasteiger partial charge in [-0.05, 0) is 18.2 Å². The van der Waals surface area contributed by atoms with E-state index in [1.54, 1.807) is 30.0 Å². The van der Waals surface area contributed by atoms with E-state index in [0.717, 1.165) is 0 Å². The Morgan fingerprint density at radius 2 is 1.80 bits per heavy atom. The van der Waals surface area contributed by atoms with Crippen LogP contribution in [0, 0.1) is 0 Å². The van der Waals surface area contributed by atoms with Crippen LogP contribution >= 0.6 is 23.2 Å². The predicted octanol–water partition coefficient (Wildman–Crippen LogP) is 2.34. The number of carbonyl (C=O) groups is 2. The molecule has 1 aromatic rings. The molecule has 108 valence electrons. The SMILES string of the molecule is CC(=O)N1CCN(CC(=O)c2cc(Cl)ccc2Cl)CC1. The van der Waals surface area contributed by atoms with Crippen LogP contribution < -0.4 is 0 Å². The molecule has 0 unspecified atom stereocenters. The van der Waals surface area contributed by atoms with Gasteiger partial charge in [0.15, 0.2) is 5.78 Å². The Morgan fingerprint density at radius 1 is 1.15 bits per heavy atom. The number of ketones is 1. The monoisotopic (exact) mass is 314 g/mol. The van der Waals surface area contributed by atoms with Gasteiger partial charge in [0.05, 0.1) is 11.6 Å². The second-order valence-corrected chi connectivity index (χ2v) is 5.67. The second-order valence-electron chi connectivity index (χ2n) is 4.83. The van der Waals surface area contributed by atoms with E-state index in [2.05, 4.69) is 0 Å². The maximum Gasteiger partial charge on any atom is 0.219 e. The molecule has 0 spiro atoms. The summed E-state index contributed by atoms with van der Waals surface area (Å²) in [6.45, 7) is 4.57. The summed E-state index contributed by atoms with van der Waals surface area (Å²) >= 11 is 11.9. The standard InChI is InChI=1S/C14H16Cl2N2O2/c1-10(19)18-6-4-17(5-7-18)9-14(20)12-8-11(15)2-3-13(12)16/h2-3,8H,4-7,9H2,1H3. The van der Waals surface area contributed by atoms with Crippen LogP contribution in [0.15, 0.2) is 18.2 Å². The summed E-state index contributed by atoms with van der Waals surface area (Å²) in [6.07, 6.45) is 0. The number of Topliss-reactive ketones (excluding diaryl/α,β-unsaturated/α-hetero) is 1. The summed E-state index contributed by atoms with van der Waals surface area (Å²) in [5, 5.41) is 0.918.